The molecule has 1 aliphatic rings. The number of nitrogens with one attached hydrogen (secondary N) is 1. The second kappa shape index (κ2) is 5.34. The number of imidazole rings is 1. The zero-order valence-corrected chi connectivity index (χ0v) is 10.1. The normalized spacial score (nSPS) is 18.9. The SMILES string of the molecule is COCC(C)n1ccnc1NC1CCCC1. The Morgan fingerprint density at radius 3 is 3.00 bits per heavy atom. The van der Waals surface area contributed by atoms with E-state index in [1.54, 1.807) is 7.11 Å². The highest BCUT2D eigenvalue weighted by atomic mass is 16.5. The molecule has 1 unspecified atom stereocenters. The first-order valence-corrected chi connectivity index (χ1v) is 6.09. The molecule has 1 saturated carbocycles. The maximum absolute atomic E-state index is 5.18. The Bertz CT molecular complexity index is 318. The summed E-state index contributed by atoms with van der Waals surface area (Å²) in [5.74, 6) is 0.983. The van der Waals surface area contributed by atoms with Gasteiger partial charge in [0.1, 0.15) is 0 Å². The van der Waals surface area contributed by atoms with Crippen LogP contribution < -0.4 is 5.32 Å². The molecule has 4 nitrogen and oxygen atoms in total. The van der Waals surface area contributed by atoms with Gasteiger partial charge in [-0.1, -0.05) is 12.8 Å². The summed E-state index contributed by atoms with van der Waals surface area (Å²) >= 11 is 0. The van der Waals surface area contributed by atoms with Crippen LogP contribution in [0.3, 0.4) is 0 Å². The fraction of sp³-hybridized carbons (Fsp3) is 0.750. The summed E-state index contributed by atoms with van der Waals surface area (Å²) in [5.41, 5.74) is 0. The fourth-order valence-electron chi connectivity index (χ4n) is 2.35. The number of ether oxygens (including phenoxy) is 1. The zero-order chi connectivity index (χ0) is 11.4. The maximum atomic E-state index is 5.18. The van der Waals surface area contributed by atoms with Gasteiger partial charge in [-0.05, 0) is 19.8 Å². The van der Waals surface area contributed by atoms with Crippen LogP contribution in [0.5, 0.6) is 0 Å². The minimum Gasteiger partial charge on any atom is -0.383 e. The lowest BCUT2D eigenvalue weighted by Gasteiger charge is -2.18. The number of aromatic nitrogens is 2. The van der Waals surface area contributed by atoms with Crippen molar-refractivity contribution >= 4 is 5.95 Å². The average Bonchev–Trinajstić information content (AvgIpc) is 2.90. The predicted octanol–water partition coefficient (Wildman–Crippen LogP) is 2.45. The lowest BCUT2D eigenvalue weighted by molar-refractivity contribution is 0.163. The van der Waals surface area contributed by atoms with Crippen molar-refractivity contribution in [2.75, 3.05) is 19.0 Å². The summed E-state index contributed by atoms with van der Waals surface area (Å²) in [6.07, 6.45) is 9.08. The summed E-state index contributed by atoms with van der Waals surface area (Å²) in [5, 5.41) is 3.53. The number of hydrogen-bond acceptors (Lipinski definition) is 3. The van der Waals surface area contributed by atoms with Crippen LogP contribution in [0.1, 0.15) is 38.6 Å². The minimum atomic E-state index is 0.330. The predicted molar refractivity (Wildman–Crippen MR) is 64.7 cm³/mol. The molecule has 1 aromatic rings. The Labute approximate surface area is 97.0 Å². The van der Waals surface area contributed by atoms with Crippen LogP contribution in [0.2, 0.25) is 0 Å². The first-order chi connectivity index (χ1) is 7.81. The molecular weight excluding hydrogens is 202 g/mol. The van der Waals surface area contributed by atoms with Gasteiger partial charge >= 0.3 is 0 Å². The van der Waals surface area contributed by atoms with Crippen LogP contribution in [0, 0.1) is 0 Å². The van der Waals surface area contributed by atoms with E-state index in [0.29, 0.717) is 12.1 Å². The minimum absolute atomic E-state index is 0.330. The standard InChI is InChI=1S/C12H21N3O/c1-10(9-16-2)15-8-7-13-12(15)14-11-5-3-4-6-11/h7-8,10-11H,3-6,9H2,1-2H3,(H,13,14). The van der Waals surface area contributed by atoms with Gasteiger partial charge < -0.3 is 14.6 Å². The molecule has 0 saturated heterocycles. The van der Waals surface area contributed by atoms with Gasteiger partial charge in [0.15, 0.2) is 0 Å². The highest BCUT2D eigenvalue weighted by Gasteiger charge is 2.17. The topological polar surface area (TPSA) is 39.1 Å². The van der Waals surface area contributed by atoms with Crippen molar-refractivity contribution in [2.45, 2.75) is 44.7 Å². The second-order valence-corrected chi connectivity index (χ2v) is 4.59. The van der Waals surface area contributed by atoms with Crippen LogP contribution in [0.25, 0.3) is 0 Å². The van der Waals surface area contributed by atoms with Gasteiger partial charge in [-0.15, -0.1) is 0 Å². The van der Waals surface area contributed by atoms with E-state index in [9.17, 15) is 0 Å². The van der Waals surface area contributed by atoms with E-state index in [4.69, 9.17) is 4.74 Å². The second-order valence-electron chi connectivity index (χ2n) is 4.59. The Morgan fingerprint density at radius 2 is 2.31 bits per heavy atom. The quantitative estimate of drug-likeness (QED) is 0.833. The molecule has 90 valence electrons. The Morgan fingerprint density at radius 1 is 1.56 bits per heavy atom. The van der Waals surface area contributed by atoms with Crippen LogP contribution in [0.15, 0.2) is 12.4 Å². The first kappa shape index (κ1) is 11.5. The number of anilines is 1. The Kier molecular flexibility index (Phi) is 3.83. The van der Waals surface area contributed by atoms with Gasteiger partial charge in [-0.3, -0.25) is 0 Å². The lowest BCUT2D eigenvalue weighted by Crippen LogP contribution is -2.20. The van der Waals surface area contributed by atoms with E-state index in [1.165, 1.54) is 25.7 Å². The van der Waals surface area contributed by atoms with Crippen molar-refractivity contribution < 1.29 is 4.74 Å². The van der Waals surface area contributed by atoms with Crippen molar-refractivity contribution in [3.8, 4) is 0 Å². The maximum Gasteiger partial charge on any atom is 0.203 e. The smallest absolute Gasteiger partial charge is 0.203 e. The third kappa shape index (κ3) is 2.55. The summed E-state index contributed by atoms with van der Waals surface area (Å²) in [6.45, 7) is 2.86. The monoisotopic (exact) mass is 223 g/mol. The molecule has 1 atom stereocenters. The van der Waals surface area contributed by atoms with E-state index in [0.717, 1.165) is 12.6 Å². The largest absolute Gasteiger partial charge is 0.383 e. The summed E-state index contributed by atoms with van der Waals surface area (Å²) in [6, 6.07) is 0.937. The third-order valence-corrected chi connectivity index (χ3v) is 3.24. The van der Waals surface area contributed by atoms with E-state index < -0.39 is 0 Å². The van der Waals surface area contributed by atoms with E-state index in [1.807, 2.05) is 12.4 Å². The van der Waals surface area contributed by atoms with Crippen LogP contribution in [-0.4, -0.2) is 29.3 Å². The van der Waals surface area contributed by atoms with Crippen LogP contribution >= 0.6 is 0 Å². The molecule has 0 bridgehead atoms. The van der Waals surface area contributed by atoms with Gasteiger partial charge in [-0.25, -0.2) is 4.98 Å². The molecule has 1 aromatic heterocycles. The third-order valence-electron chi connectivity index (χ3n) is 3.24. The van der Waals surface area contributed by atoms with Gasteiger partial charge in [0.25, 0.3) is 0 Å². The number of rotatable bonds is 5. The summed E-state index contributed by atoms with van der Waals surface area (Å²) < 4.78 is 7.33. The number of nitrogens with zero attached hydrogens (tertiary/aromatic N) is 2. The van der Waals surface area contributed by atoms with E-state index in [-0.39, 0.29) is 0 Å². The van der Waals surface area contributed by atoms with Crippen LogP contribution in [-0.2, 0) is 4.74 Å². The van der Waals surface area contributed by atoms with Crippen molar-refractivity contribution in [1.29, 1.82) is 0 Å². The van der Waals surface area contributed by atoms with Crippen molar-refractivity contribution in [1.82, 2.24) is 9.55 Å². The highest BCUT2D eigenvalue weighted by molar-refractivity contribution is 5.28. The molecule has 0 aliphatic heterocycles. The average molecular weight is 223 g/mol. The lowest BCUT2D eigenvalue weighted by atomic mass is 10.2. The molecule has 16 heavy (non-hydrogen) atoms. The van der Waals surface area contributed by atoms with Gasteiger partial charge in [-0.2, -0.15) is 0 Å². The molecule has 0 aromatic carbocycles. The molecule has 1 aliphatic carbocycles. The number of methoxy groups -OCH3 is 1. The fourth-order valence-corrected chi connectivity index (χ4v) is 2.35. The van der Waals surface area contributed by atoms with Gasteiger partial charge in [0.05, 0.1) is 12.6 Å². The van der Waals surface area contributed by atoms with E-state index >= 15 is 0 Å². The Balaban J connectivity index is 2.00. The number of hydrogen-bond donors (Lipinski definition) is 1. The van der Waals surface area contributed by atoms with Crippen LogP contribution in [0.4, 0.5) is 5.95 Å². The summed E-state index contributed by atoms with van der Waals surface area (Å²) in [7, 11) is 1.73. The zero-order valence-electron chi connectivity index (χ0n) is 10.1. The van der Waals surface area contributed by atoms with Crippen molar-refractivity contribution in [2.24, 2.45) is 0 Å². The van der Waals surface area contributed by atoms with Crippen molar-refractivity contribution in [3.05, 3.63) is 12.4 Å². The molecule has 0 radical (unpaired) electrons. The molecule has 4 heteroatoms. The molecule has 0 spiro atoms. The summed E-state index contributed by atoms with van der Waals surface area (Å²) in [4.78, 5) is 4.38. The molecule has 2 rings (SSSR count). The van der Waals surface area contributed by atoms with Gasteiger partial charge in [0.2, 0.25) is 5.95 Å². The van der Waals surface area contributed by atoms with Crippen molar-refractivity contribution in [3.63, 3.8) is 0 Å². The molecule has 1 heterocycles. The van der Waals surface area contributed by atoms with E-state index in [2.05, 4.69) is 21.8 Å². The molecule has 1 N–H and O–H groups in total. The molecule has 0 amide bonds. The first-order valence-electron chi connectivity index (χ1n) is 6.09. The molecular formula is C12H21N3O. The highest BCUT2D eigenvalue weighted by Crippen LogP contribution is 2.22. The van der Waals surface area contributed by atoms with Gasteiger partial charge in [0, 0.05) is 25.5 Å². The molecule has 1 fully saturated rings. The Hall–Kier alpha value is -1.03.